The van der Waals surface area contributed by atoms with Crippen LogP contribution in [-0.4, -0.2) is 21.5 Å². The van der Waals surface area contributed by atoms with Crippen molar-refractivity contribution in [2.24, 2.45) is 0 Å². The Morgan fingerprint density at radius 2 is 1.95 bits per heavy atom. The predicted molar refractivity (Wildman–Crippen MR) is 86.2 cm³/mol. The molecule has 1 aromatic rings. The highest BCUT2D eigenvalue weighted by Gasteiger charge is 2.39. The zero-order chi connectivity index (χ0) is 15.0. The summed E-state index contributed by atoms with van der Waals surface area (Å²) < 4.78 is 12.3. The van der Waals surface area contributed by atoms with Crippen LogP contribution in [0.5, 0.6) is 11.5 Å². The molecule has 0 aliphatic carbocycles. The van der Waals surface area contributed by atoms with E-state index < -0.39 is 8.32 Å². The first-order valence-electron chi connectivity index (χ1n) is 7.37. The first-order chi connectivity index (χ1) is 9.22. The van der Waals surface area contributed by atoms with Gasteiger partial charge in [-0.2, -0.15) is 0 Å². The Labute approximate surface area is 123 Å². The molecule has 0 radical (unpaired) electrons. The van der Waals surface area contributed by atoms with Gasteiger partial charge >= 0.3 is 0 Å². The summed E-state index contributed by atoms with van der Waals surface area (Å²) in [6.45, 7) is 15.9. The summed E-state index contributed by atoms with van der Waals surface area (Å²) in [4.78, 5) is 0. The van der Waals surface area contributed by atoms with E-state index >= 15 is 0 Å². The Kier molecular flexibility index (Phi) is 4.16. The van der Waals surface area contributed by atoms with E-state index in [1.165, 1.54) is 5.56 Å². The molecule has 0 atom stereocenters. The summed E-state index contributed by atoms with van der Waals surface area (Å²) in [5.74, 6) is 1.99. The average Bonchev–Trinajstić information content (AvgIpc) is 2.57. The molecule has 1 aromatic carbocycles. The van der Waals surface area contributed by atoms with Gasteiger partial charge in [-0.1, -0.05) is 26.8 Å². The Morgan fingerprint density at radius 1 is 1.25 bits per heavy atom. The predicted octanol–water partition coefficient (Wildman–Crippen LogP) is 3.86. The molecule has 0 saturated carbocycles. The van der Waals surface area contributed by atoms with Gasteiger partial charge in [-0.3, -0.25) is 0 Å². The van der Waals surface area contributed by atoms with Crippen LogP contribution in [-0.2, 0) is 6.54 Å². The zero-order valence-corrected chi connectivity index (χ0v) is 14.6. The topological polar surface area (TPSA) is 30.5 Å². The molecular weight excluding hydrogens is 266 g/mol. The number of ether oxygens (including phenoxy) is 1. The van der Waals surface area contributed by atoms with E-state index in [0.717, 1.165) is 36.8 Å². The van der Waals surface area contributed by atoms with Crippen molar-refractivity contribution < 1.29 is 9.16 Å². The SMILES string of the molecule is Cc1c(O[Si](C)(C)C(C)(C)C)ccc2c1OCCNC2. The summed E-state index contributed by atoms with van der Waals surface area (Å²) in [6.07, 6.45) is 0. The van der Waals surface area contributed by atoms with Gasteiger partial charge in [0.25, 0.3) is 0 Å². The molecule has 0 aromatic heterocycles. The Bertz CT molecular complexity index is 492. The maximum Gasteiger partial charge on any atom is 0.250 e. The van der Waals surface area contributed by atoms with Gasteiger partial charge in [0.15, 0.2) is 0 Å². The summed E-state index contributed by atoms with van der Waals surface area (Å²) in [5, 5.41) is 3.57. The second-order valence-corrected chi connectivity index (χ2v) is 11.8. The zero-order valence-electron chi connectivity index (χ0n) is 13.6. The number of fused-ring (bicyclic) bond motifs is 1. The third-order valence-corrected chi connectivity index (χ3v) is 8.79. The van der Waals surface area contributed by atoms with Gasteiger partial charge in [0, 0.05) is 24.2 Å². The maximum absolute atomic E-state index is 6.44. The van der Waals surface area contributed by atoms with E-state index in [1.807, 2.05) is 0 Å². The molecular formula is C16H27NO2Si. The van der Waals surface area contributed by atoms with Crippen molar-refractivity contribution in [2.75, 3.05) is 13.2 Å². The van der Waals surface area contributed by atoms with Crippen LogP contribution in [0.4, 0.5) is 0 Å². The molecule has 4 heteroatoms. The molecule has 1 aliphatic rings. The fourth-order valence-corrected chi connectivity index (χ4v) is 3.13. The molecule has 112 valence electrons. The van der Waals surface area contributed by atoms with Gasteiger partial charge < -0.3 is 14.5 Å². The number of hydrogen-bond donors (Lipinski definition) is 1. The van der Waals surface area contributed by atoms with Crippen molar-refractivity contribution >= 4 is 8.32 Å². The lowest BCUT2D eigenvalue weighted by Gasteiger charge is -2.37. The van der Waals surface area contributed by atoms with Crippen molar-refractivity contribution in [2.45, 2.75) is 52.4 Å². The molecule has 1 heterocycles. The third-order valence-electron chi connectivity index (χ3n) is 4.45. The molecule has 0 bridgehead atoms. The number of rotatable bonds is 2. The van der Waals surface area contributed by atoms with E-state index in [-0.39, 0.29) is 5.04 Å². The summed E-state index contributed by atoms with van der Waals surface area (Å²) in [7, 11) is -1.81. The molecule has 20 heavy (non-hydrogen) atoms. The Balaban J connectivity index is 2.33. The van der Waals surface area contributed by atoms with E-state index in [9.17, 15) is 0 Å². The Hall–Kier alpha value is -1.00. The van der Waals surface area contributed by atoms with Gasteiger partial charge in [0.05, 0.1) is 0 Å². The van der Waals surface area contributed by atoms with Crippen LogP contribution >= 0.6 is 0 Å². The molecule has 0 saturated heterocycles. The van der Waals surface area contributed by atoms with Gasteiger partial charge in [-0.15, -0.1) is 0 Å². The molecule has 1 aliphatic heterocycles. The van der Waals surface area contributed by atoms with Crippen molar-refractivity contribution in [3.8, 4) is 11.5 Å². The van der Waals surface area contributed by atoms with Crippen LogP contribution in [0, 0.1) is 6.92 Å². The second kappa shape index (κ2) is 5.41. The first kappa shape index (κ1) is 15.4. The lowest BCUT2D eigenvalue weighted by molar-refractivity contribution is 0.322. The van der Waals surface area contributed by atoms with Crippen LogP contribution < -0.4 is 14.5 Å². The largest absolute Gasteiger partial charge is 0.543 e. The number of benzene rings is 1. The average molecular weight is 293 g/mol. The number of nitrogens with one attached hydrogen (secondary N) is 1. The van der Waals surface area contributed by atoms with E-state index in [0.29, 0.717) is 0 Å². The minimum Gasteiger partial charge on any atom is -0.543 e. The van der Waals surface area contributed by atoms with Crippen molar-refractivity contribution in [1.82, 2.24) is 5.32 Å². The summed E-state index contributed by atoms with van der Waals surface area (Å²) in [5.41, 5.74) is 2.36. The van der Waals surface area contributed by atoms with Gasteiger partial charge in [0.2, 0.25) is 8.32 Å². The lowest BCUT2D eigenvalue weighted by Crippen LogP contribution is -2.44. The highest BCUT2D eigenvalue weighted by Crippen LogP contribution is 2.40. The number of hydrogen-bond acceptors (Lipinski definition) is 3. The first-order valence-corrected chi connectivity index (χ1v) is 10.3. The van der Waals surface area contributed by atoms with E-state index in [4.69, 9.17) is 9.16 Å². The van der Waals surface area contributed by atoms with Crippen molar-refractivity contribution in [3.63, 3.8) is 0 Å². The normalized spacial score (nSPS) is 16.1. The second-order valence-electron chi connectivity index (χ2n) is 7.06. The monoisotopic (exact) mass is 293 g/mol. The molecule has 0 unspecified atom stereocenters. The fourth-order valence-electron chi connectivity index (χ4n) is 2.06. The van der Waals surface area contributed by atoms with Crippen molar-refractivity contribution in [1.29, 1.82) is 0 Å². The molecule has 1 N–H and O–H groups in total. The van der Waals surface area contributed by atoms with Crippen LogP contribution in [0.15, 0.2) is 12.1 Å². The molecule has 0 amide bonds. The highest BCUT2D eigenvalue weighted by molar-refractivity contribution is 6.74. The lowest BCUT2D eigenvalue weighted by atomic mass is 10.1. The summed E-state index contributed by atoms with van der Waals surface area (Å²) in [6, 6.07) is 4.23. The smallest absolute Gasteiger partial charge is 0.250 e. The Morgan fingerprint density at radius 3 is 2.60 bits per heavy atom. The third kappa shape index (κ3) is 3.01. The van der Waals surface area contributed by atoms with Crippen LogP contribution in [0.2, 0.25) is 18.1 Å². The molecule has 0 spiro atoms. The standard InChI is InChI=1S/C16H27NO2Si/c1-12-14(19-20(5,6)16(2,3)4)8-7-13-11-17-9-10-18-15(12)13/h7-8,17H,9-11H2,1-6H3. The van der Waals surface area contributed by atoms with Crippen LogP contribution in [0.25, 0.3) is 0 Å². The van der Waals surface area contributed by atoms with E-state index in [2.05, 4.69) is 58.2 Å². The highest BCUT2D eigenvalue weighted by atomic mass is 28.4. The molecule has 2 rings (SSSR count). The van der Waals surface area contributed by atoms with Gasteiger partial charge in [-0.05, 0) is 31.1 Å². The molecule has 0 fully saturated rings. The van der Waals surface area contributed by atoms with Crippen LogP contribution in [0.3, 0.4) is 0 Å². The minimum atomic E-state index is -1.81. The van der Waals surface area contributed by atoms with Gasteiger partial charge in [-0.25, -0.2) is 0 Å². The molecule has 3 nitrogen and oxygen atoms in total. The maximum atomic E-state index is 6.44. The van der Waals surface area contributed by atoms with Crippen LogP contribution in [0.1, 0.15) is 31.9 Å². The van der Waals surface area contributed by atoms with Crippen molar-refractivity contribution in [3.05, 3.63) is 23.3 Å². The summed E-state index contributed by atoms with van der Waals surface area (Å²) >= 11 is 0. The fraction of sp³-hybridized carbons (Fsp3) is 0.625. The quantitative estimate of drug-likeness (QED) is 0.840. The van der Waals surface area contributed by atoms with E-state index in [1.54, 1.807) is 0 Å². The minimum absolute atomic E-state index is 0.203. The van der Waals surface area contributed by atoms with Gasteiger partial charge in [0.1, 0.15) is 18.1 Å².